The van der Waals surface area contributed by atoms with Gasteiger partial charge >= 0.3 is 16.3 Å². The van der Waals surface area contributed by atoms with Crippen molar-refractivity contribution in [2.24, 2.45) is 0 Å². The Hall–Kier alpha value is -2.07. The number of nitrogens with two attached hydrogens (primary N) is 1. The minimum Gasteiger partial charge on any atom is -0.449 e. The number of hydrogen-bond acceptors (Lipinski definition) is 7. The number of ether oxygens (including phenoxy) is 1. The van der Waals surface area contributed by atoms with Crippen LogP contribution >= 0.6 is 11.3 Å². The summed E-state index contributed by atoms with van der Waals surface area (Å²) in [5.74, 6) is 0. The van der Waals surface area contributed by atoms with Crippen molar-refractivity contribution >= 4 is 48.7 Å². The number of amides is 1. The van der Waals surface area contributed by atoms with Gasteiger partial charge in [-0.1, -0.05) is 11.3 Å². The van der Waals surface area contributed by atoms with E-state index in [1.165, 1.54) is 0 Å². The van der Waals surface area contributed by atoms with E-state index >= 15 is 0 Å². The molecule has 2 aromatic rings. The van der Waals surface area contributed by atoms with E-state index in [0.717, 1.165) is 16.0 Å². The summed E-state index contributed by atoms with van der Waals surface area (Å²) in [5, 5.41) is 0.127. The van der Waals surface area contributed by atoms with Gasteiger partial charge in [0, 0.05) is 5.69 Å². The number of fused-ring (bicyclic) bond motifs is 1. The highest BCUT2D eigenvalue weighted by molar-refractivity contribution is 7.91. The zero-order valence-electron chi connectivity index (χ0n) is 10.4. The molecule has 8 nitrogen and oxygen atoms in total. The van der Waals surface area contributed by atoms with E-state index in [1.54, 1.807) is 29.8 Å². The van der Waals surface area contributed by atoms with Crippen LogP contribution in [0.3, 0.4) is 0 Å². The van der Waals surface area contributed by atoms with Crippen molar-refractivity contribution in [3.63, 3.8) is 0 Å². The molecule has 0 unspecified atom stereocenters. The number of carbonyl (C=O) groups excluding carboxylic acids is 1. The number of carbonyl (C=O) groups is 1. The van der Waals surface area contributed by atoms with Crippen molar-refractivity contribution in [2.75, 3.05) is 17.1 Å². The van der Waals surface area contributed by atoms with Crippen LogP contribution in [0.2, 0.25) is 0 Å². The van der Waals surface area contributed by atoms with Crippen LogP contribution in [0.4, 0.5) is 15.6 Å². The molecule has 1 aromatic heterocycles. The van der Waals surface area contributed by atoms with Crippen molar-refractivity contribution in [2.45, 2.75) is 6.92 Å². The van der Waals surface area contributed by atoms with Crippen LogP contribution in [0.1, 0.15) is 6.92 Å². The zero-order valence-corrected chi connectivity index (χ0v) is 12.0. The fourth-order valence-corrected chi connectivity index (χ4v) is 3.26. The van der Waals surface area contributed by atoms with Gasteiger partial charge in [0.25, 0.3) is 0 Å². The Kier molecular flexibility index (Phi) is 3.95. The largest absolute Gasteiger partial charge is 0.449 e. The van der Waals surface area contributed by atoms with Crippen LogP contribution in [0, 0.1) is 0 Å². The van der Waals surface area contributed by atoms with Gasteiger partial charge in [-0.15, -0.1) is 0 Å². The van der Waals surface area contributed by atoms with Crippen molar-refractivity contribution in [1.29, 1.82) is 0 Å². The highest BCUT2D eigenvalue weighted by Gasteiger charge is 2.17. The molecule has 0 radical (unpaired) electrons. The van der Waals surface area contributed by atoms with E-state index in [9.17, 15) is 13.2 Å². The molecule has 1 amide bonds. The predicted molar refractivity (Wildman–Crippen MR) is 76.7 cm³/mol. The number of rotatable bonds is 4. The molecule has 0 saturated heterocycles. The topological polar surface area (TPSA) is 123 Å². The summed E-state index contributed by atoms with van der Waals surface area (Å²) >= 11 is 1.11. The Morgan fingerprint density at radius 3 is 2.95 bits per heavy atom. The van der Waals surface area contributed by atoms with Gasteiger partial charge in [-0.25, -0.2) is 19.2 Å². The molecule has 0 bridgehead atoms. The highest BCUT2D eigenvalue weighted by atomic mass is 32.2. The number of thiazole rings is 1. The van der Waals surface area contributed by atoms with E-state index in [-0.39, 0.29) is 11.7 Å². The minimum atomic E-state index is -4.07. The Bertz CT molecular complexity index is 741. The Labute approximate surface area is 119 Å². The number of hydrogen-bond donors (Lipinski definition) is 3. The first-order valence-corrected chi connectivity index (χ1v) is 7.83. The van der Waals surface area contributed by atoms with Crippen molar-refractivity contribution < 1.29 is 17.9 Å². The van der Waals surface area contributed by atoms with Gasteiger partial charge in [0.1, 0.15) is 0 Å². The van der Waals surface area contributed by atoms with Crippen LogP contribution in [-0.2, 0) is 14.9 Å². The first-order chi connectivity index (χ1) is 9.39. The zero-order chi connectivity index (χ0) is 14.8. The van der Waals surface area contributed by atoms with E-state index in [4.69, 9.17) is 5.73 Å². The molecule has 0 aliphatic rings. The fraction of sp³-hybridized carbons (Fsp3) is 0.200. The number of nitrogens with zero attached hydrogens (tertiary/aromatic N) is 1. The molecule has 10 heteroatoms. The van der Waals surface area contributed by atoms with Gasteiger partial charge in [-0.3, -0.25) is 0 Å². The van der Waals surface area contributed by atoms with E-state index in [1.807, 2.05) is 0 Å². The van der Waals surface area contributed by atoms with Gasteiger partial charge in [0.2, 0.25) is 0 Å². The summed E-state index contributed by atoms with van der Waals surface area (Å²) in [6.07, 6.45) is -1.05. The summed E-state index contributed by atoms with van der Waals surface area (Å²) in [7, 11) is -4.07. The smallest absolute Gasteiger partial charge is 0.422 e. The Morgan fingerprint density at radius 1 is 1.50 bits per heavy atom. The lowest BCUT2D eigenvalue weighted by atomic mass is 10.3. The summed E-state index contributed by atoms with van der Waals surface area (Å²) in [5.41, 5.74) is 6.79. The quantitative estimate of drug-likeness (QED) is 0.730. The fourth-order valence-electron chi connectivity index (χ4n) is 1.40. The maximum absolute atomic E-state index is 11.6. The van der Waals surface area contributed by atoms with Gasteiger partial charge in [0.15, 0.2) is 5.13 Å². The molecule has 20 heavy (non-hydrogen) atoms. The third kappa shape index (κ3) is 3.48. The molecule has 1 aromatic carbocycles. The molecule has 0 aliphatic carbocycles. The number of nitrogens with one attached hydrogen (secondary N) is 2. The summed E-state index contributed by atoms with van der Waals surface area (Å²) < 4.78 is 32.4. The van der Waals surface area contributed by atoms with Gasteiger partial charge in [0.05, 0.1) is 16.8 Å². The van der Waals surface area contributed by atoms with Gasteiger partial charge in [-0.05, 0) is 25.1 Å². The van der Waals surface area contributed by atoms with Crippen molar-refractivity contribution in [1.82, 2.24) is 9.71 Å². The van der Waals surface area contributed by atoms with E-state index < -0.39 is 16.3 Å². The monoisotopic (exact) mass is 316 g/mol. The van der Waals surface area contributed by atoms with Crippen molar-refractivity contribution in [3.05, 3.63) is 18.2 Å². The lowest BCUT2D eigenvalue weighted by Gasteiger charge is -2.06. The minimum absolute atomic E-state index is 0.0712. The average Bonchev–Trinajstić information content (AvgIpc) is 2.68. The maximum atomic E-state index is 11.6. The summed E-state index contributed by atoms with van der Waals surface area (Å²) in [4.78, 5) is 15.2. The van der Waals surface area contributed by atoms with Crippen LogP contribution in [0.15, 0.2) is 18.2 Å². The lowest BCUT2D eigenvalue weighted by Crippen LogP contribution is -2.35. The highest BCUT2D eigenvalue weighted by Crippen LogP contribution is 2.27. The normalized spacial score (nSPS) is 11.2. The van der Waals surface area contributed by atoms with Crippen molar-refractivity contribution in [3.8, 4) is 0 Å². The van der Waals surface area contributed by atoms with Crippen LogP contribution < -0.4 is 15.2 Å². The second kappa shape index (κ2) is 5.51. The van der Waals surface area contributed by atoms with Crippen LogP contribution in [-0.4, -0.2) is 26.1 Å². The molecule has 0 aliphatic heterocycles. The molecule has 0 saturated carbocycles. The Morgan fingerprint density at radius 2 is 2.25 bits per heavy atom. The molecule has 4 N–H and O–H groups in total. The number of aromatic nitrogens is 1. The standard InChI is InChI=1S/C10H12N4O4S2/c1-2-18-10(15)14-20(16,17)13-9-12-7-4-3-6(11)5-8(7)19-9/h3-5H,2,11H2,1H3,(H,12,13)(H,14,15). The summed E-state index contributed by atoms with van der Waals surface area (Å²) in [6.45, 7) is 1.64. The number of anilines is 2. The molecule has 1 heterocycles. The Balaban J connectivity index is 2.16. The van der Waals surface area contributed by atoms with E-state index in [2.05, 4.69) is 14.4 Å². The average molecular weight is 316 g/mol. The van der Waals surface area contributed by atoms with Crippen LogP contribution in [0.5, 0.6) is 0 Å². The molecular formula is C10H12N4O4S2. The first-order valence-electron chi connectivity index (χ1n) is 5.53. The molecular weight excluding hydrogens is 304 g/mol. The lowest BCUT2D eigenvalue weighted by molar-refractivity contribution is 0.159. The SMILES string of the molecule is CCOC(=O)NS(=O)(=O)Nc1nc2ccc(N)cc2s1. The van der Waals surface area contributed by atoms with Gasteiger partial charge < -0.3 is 10.5 Å². The molecule has 0 fully saturated rings. The summed E-state index contributed by atoms with van der Waals surface area (Å²) in [6, 6.07) is 5.03. The van der Waals surface area contributed by atoms with Gasteiger partial charge in [-0.2, -0.15) is 8.42 Å². The maximum Gasteiger partial charge on any atom is 0.422 e. The first kappa shape index (κ1) is 14.3. The molecule has 0 atom stereocenters. The number of nitrogen functional groups attached to an aromatic ring is 1. The predicted octanol–water partition coefficient (Wildman–Crippen LogP) is 1.28. The second-order valence-corrected chi connectivity index (χ2v) is 6.12. The van der Waals surface area contributed by atoms with E-state index in [0.29, 0.717) is 11.2 Å². The molecule has 0 spiro atoms. The third-order valence-corrected chi connectivity index (χ3v) is 4.09. The molecule has 108 valence electrons. The third-order valence-electron chi connectivity index (χ3n) is 2.13. The molecule has 2 rings (SSSR count). The number of benzene rings is 1. The van der Waals surface area contributed by atoms with Crippen LogP contribution in [0.25, 0.3) is 10.2 Å². The second-order valence-electron chi connectivity index (χ2n) is 3.67.